The fraction of sp³-hybridized carbons (Fsp3) is 0.278. The number of nitro groups is 1. The average molecular weight is 440 g/mol. The number of halogens is 1. The number of ketones is 1. The number of rotatable bonds is 8. The van der Waals surface area contributed by atoms with Crippen molar-refractivity contribution in [1.29, 1.82) is 0 Å². The fourth-order valence-corrected chi connectivity index (χ4v) is 3.80. The third kappa shape index (κ3) is 5.30. The van der Waals surface area contributed by atoms with Gasteiger partial charge in [0.05, 0.1) is 39.2 Å². The fourth-order valence-electron chi connectivity index (χ4n) is 2.50. The Labute approximate surface area is 175 Å². The molecular formula is C18H18ClN3O6S. The summed E-state index contributed by atoms with van der Waals surface area (Å²) < 4.78 is 5.03. The highest BCUT2D eigenvalue weighted by molar-refractivity contribution is 7.18. The summed E-state index contributed by atoms with van der Waals surface area (Å²) in [4.78, 5) is 46.8. The molecule has 1 aromatic carbocycles. The van der Waals surface area contributed by atoms with Crippen LogP contribution in [0.4, 0.5) is 16.4 Å². The molecule has 0 saturated heterocycles. The van der Waals surface area contributed by atoms with E-state index in [0.29, 0.717) is 15.4 Å². The van der Waals surface area contributed by atoms with E-state index in [1.165, 1.54) is 19.1 Å². The lowest BCUT2D eigenvalue weighted by molar-refractivity contribution is -0.384. The van der Waals surface area contributed by atoms with Crippen molar-refractivity contribution in [2.24, 2.45) is 0 Å². The molecule has 1 amide bonds. The molecule has 2 aromatic rings. The molecule has 11 heteroatoms. The number of carbonyl (C=O) groups excluding carboxylic acids is 3. The molecule has 0 radical (unpaired) electrons. The summed E-state index contributed by atoms with van der Waals surface area (Å²) in [6, 6.07) is 3.67. The van der Waals surface area contributed by atoms with Crippen LogP contribution in [0.5, 0.6) is 0 Å². The van der Waals surface area contributed by atoms with Crippen LogP contribution in [0.2, 0.25) is 5.02 Å². The zero-order valence-corrected chi connectivity index (χ0v) is 17.4. The van der Waals surface area contributed by atoms with Gasteiger partial charge in [-0.2, -0.15) is 0 Å². The molecule has 0 aliphatic carbocycles. The number of hydrogen-bond donors (Lipinski definition) is 2. The summed E-state index contributed by atoms with van der Waals surface area (Å²) in [5, 5.41) is 16.5. The van der Waals surface area contributed by atoms with Crippen molar-refractivity contribution in [2.75, 3.05) is 23.8 Å². The summed E-state index contributed by atoms with van der Waals surface area (Å²) in [7, 11) is 0. The molecule has 0 bridgehead atoms. The highest BCUT2D eigenvalue weighted by Crippen LogP contribution is 2.34. The van der Waals surface area contributed by atoms with Gasteiger partial charge in [0.25, 0.3) is 5.69 Å². The molecule has 1 aromatic heterocycles. The summed E-state index contributed by atoms with van der Waals surface area (Å²) in [5.74, 6) is -1.28. The molecule has 0 unspecified atom stereocenters. The van der Waals surface area contributed by atoms with E-state index in [0.717, 1.165) is 17.4 Å². The van der Waals surface area contributed by atoms with Crippen LogP contribution in [0.1, 0.15) is 39.4 Å². The van der Waals surface area contributed by atoms with Crippen LogP contribution in [0.25, 0.3) is 0 Å². The number of benzene rings is 1. The SMILES string of the molecule is CCOC(=O)c1c(NCC(=O)Nc2ccc([N+](=O)[O-])cc2Cl)sc(C(C)=O)c1C. The van der Waals surface area contributed by atoms with E-state index in [4.69, 9.17) is 16.3 Å². The second kappa shape index (κ2) is 9.48. The highest BCUT2D eigenvalue weighted by atomic mass is 35.5. The third-order valence-electron chi connectivity index (χ3n) is 3.79. The molecule has 0 atom stereocenters. The van der Waals surface area contributed by atoms with E-state index in [1.807, 2.05) is 0 Å². The first-order valence-corrected chi connectivity index (χ1v) is 9.64. The molecule has 1 heterocycles. The van der Waals surface area contributed by atoms with Gasteiger partial charge in [-0.05, 0) is 32.4 Å². The average Bonchev–Trinajstić information content (AvgIpc) is 2.98. The van der Waals surface area contributed by atoms with E-state index in [-0.39, 0.29) is 40.9 Å². The Bertz CT molecular complexity index is 988. The number of ether oxygens (including phenoxy) is 1. The van der Waals surface area contributed by atoms with Gasteiger partial charge >= 0.3 is 5.97 Å². The van der Waals surface area contributed by atoms with Crippen molar-refractivity contribution in [2.45, 2.75) is 20.8 Å². The standard InChI is InChI=1S/C18H18ClN3O6S/c1-4-28-18(25)15-9(2)16(10(3)23)29-17(15)20-8-14(24)21-13-6-5-11(22(26)27)7-12(13)19/h5-7,20H,4,8H2,1-3H3,(H,21,24). The lowest BCUT2D eigenvalue weighted by atomic mass is 10.1. The maximum atomic E-state index is 12.2. The Hall–Kier alpha value is -2.98. The van der Waals surface area contributed by atoms with E-state index >= 15 is 0 Å². The van der Waals surface area contributed by atoms with Gasteiger partial charge in [-0.15, -0.1) is 11.3 Å². The predicted molar refractivity (Wildman–Crippen MR) is 110 cm³/mol. The summed E-state index contributed by atoms with van der Waals surface area (Å²) >= 11 is 7.02. The quantitative estimate of drug-likeness (QED) is 0.275. The van der Waals surface area contributed by atoms with Gasteiger partial charge in [-0.25, -0.2) is 4.79 Å². The number of hydrogen-bond acceptors (Lipinski definition) is 8. The van der Waals surface area contributed by atoms with Crippen LogP contribution in [-0.2, 0) is 9.53 Å². The number of amides is 1. The van der Waals surface area contributed by atoms with Crippen LogP contribution in [0, 0.1) is 17.0 Å². The molecule has 0 saturated carbocycles. The van der Waals surface area contributed by atoms with Crippen molar-refractivity contribution in [3.8, 4) is 0 Å². The Balaban J connectivity index is 2.15. The maximum absolute atomic E-state index is 12.2. The number of thiophene rings is 1. The first-order chi connectivity index (χ1) is 13.6. The Kier molecular flexibility index (Phi) is 7.29. The van der Waals surface area contributed by atoms with Gasteiger partial charge in [0.2, 0.25) is 5.91 Å². The third-order valence-corrected chi connectivity index (χ3v) is 5.46. The zero-order valence-electron chi connectivity index (χ0n) is 15.8. The Morgan fingerprint density at radius 3 is 2.55 bits per heavy atom. The normalized spacial score (nSPS) is 10.3. The molecule has 0 aliphatic heterocycles. The lowest BCUT2D eigenvalue weighted by Gasteiger charge is -2.09. The van der Waals surface area contributed by atoms with Gasteiger partial charge in [0.1, 0.15) is 5.00 Å². The van der Waals surface area contributed by atoms with Gasteiger partial charge < -0.3 is 15.4 Å². The summed E-state index contributed by atoms with van der Waals surface area (Å²) in [6.07, 6.45) is 0. The number of nitrogens with one attached hydrogen (secondary N) is 2. The van der Waals surface area contributed by atoms with E-state index in [9.17, 15) is 24.5 Å². The molecule has 9 nitrogen and oxygen atoms in total. The molecule has 2 rings (SSSR count). The number of Topliss-reactive ketones (excluding diaryl/α,β-unsaturated/α-hetero) is 1. The van der Waals surface area contributed by atoms with Gasteiger partial charge in [-0.3, -0.25) is 19.7 Å². The molecule has 2 N–H and O–H groups in total. The van der Waals surface area contributed by atoms with Crippen molar-refractivity contribution in [3.05, 3.63) is 49.3 Å². The molecular weight excluding hydrogens is 422 g/mol. The lowest BCUT2D eigenvalue weighted by Crippen LogP contribution is -2.22. The van der Waals surface area contributed by atoms with Gasteiger partial charge in [0.15, 0.2) is 5.78 Å². The van der Waals surface area contributed by atoms with Crippen molar-refractivity contribution in [1.82, 2.24) is 0 Å². The number of anilines is 2. The topological polar surface area (TPSA) is 128 Å². The molecule has 154 valence electrons. The second-order valence-corrected chi connectivity index (χ2v) is 7.29. The van der Waals surface area contributed by atoms with E-state index in [2.05, 4.69) is 10.6 Å². The highest BCUT2D eigenvalue weighted by Gasteiger charge is 2.24. The summed E-state index contributed by atoms with van der Waals surface area (Å²) in [5.41, 5.74) is 0.711. The Morgan fingerprint density at radius 1 is 1.31 bits per heavy atom. The number of nitro benzene ring substituents is 1. The van der Waals surface area contributed by atoms with Crippen molar-refractivity contribution >= 4 is 57.0 Å². The van der Waals surface area contributed by atoms with Crippen LogP contribution >= 0.6 is 22.9 Å². The number of esters is 1. The van der Waals surface area contributed by atoms with Crippen molar-refractivity contribution < 1.29 is 24.0 Å². The smallest absolute Gasteiger partial charge is 0.341 e. The monoisotopic (exact) mass is 439 g/mol. The minimum atomic E-state index is -0.596. The molecule has 0 spiro atoms. The number of nitrogens with zero attached hydrogens (tertiary/aromatic N) is 1. The van der Waals surface area contributed by atoms with Crippen LogP contribution in [0.3, 0.4) is 0 Å². The van der Waals surface area contributed by atoms with Gasteiger partial charge in [0, 0.05) is 12.1 Å². The number of carbonyl (C=O) groups is 3. The molecule has 0 aliphatic rings. The first-order valence-electron chi connectivity index (χ1n) is 8.44. The van der Waals surface area contributed by atoms with Gasteiger partial charge in [-0.1, -0.05) is 11.6 Å². The van der Waals surface area contributed by atoms with E-state index < -0.39 is 16.8 Å². The van der Waals surface area contributed by atoms with E-state index in [1.54, 1.807) is 13.8 Å². The maximum Gasteiger partial charge on any atom is 0.341 e. The first kappa shape index (κ1) is 22.3. The van der Waals surface area contributed by atoms with Crippen LogP contribution < -0.4 is 10.6 Å². The minimum absolute atomic E-state index is 0.0191. The molecule has 29 heavy (non-hydrogen) atoms. The zero-order chi connectivity index (χ0) is 21.7. The van der Waals surface area contributed by atoms with Crippen LogP contribution in [-0.4, -0.2) is 35.7 Å². The van der Waals surface area contributed by atoms with Crippen molar-refractivity contribution in [3.63, 3.8) is 0 Å². The predicted octanol–water partition coefficient (Wildman–Crippen LogP) is 4.05. The Morgan fingerprint density at radius 2 is 2.00 bits per heavy atom. The molecule has 0 fully saturated rings. The largest absolute Gasteiger partial charge is 0.462 e. The number of non-ortho nitro benzene ring substituents is 1. The summed E-state index contributed by atoms with van der Waals surface area (Å²) in [6.45, 7) is 4.64. The minimum Gasteiger partial charge on any atom is -0.462 e. The second-order valence-electron chi connectivity index (χ2n) is 5.86. The van der Waals surface area contributed by atoms with Crippen LogP contribution in [0.15, 0.2) is 18.2 Å².